The summed E-state index contributed by atoms with van der Waals surface area (Å²) in [4.78, 5) is 33.9. The number of unbranched alkanes of at least 4 members (excludes halogenated alkanes) is 26. The number of hydrogen-bond donors (Lipinski definition) is 3. The van der Waals surface area contributed by atoms with Crippen molar-refractivity contribution in [2.24, 2.45) is 0 Å². The Bertz CT molecular complexity index is 871. The molecule has 0 saturated carbocycles. The molecule has 52 heavy (non-hydrogen) atoms. The quantitative estimate of drug-likeness (QED) is 0.0243. The third kappa shape index (κ3) is 39.9. The number of amides is 1. The number of esters is 1. The van der Waals surface area contributed by atoms with Crippen molar-refractivity contribution in [2.45, 2.75) is 219 Å². The fraction of sp³-hybridized carbons (Fsp3) is 0.905. The number of phosphoric acid groups is 1. The Kier molecular flexibility index (Phi) is 38.5. The number of aliphatic hydroxyl groups is 1. The topological polar surface area (TPSA) is 131 Å². The summed E-state index contributed by atoms with van der Waals surface area (Å²) in [6.07, 6.45) is 39.9. The van der Waals surface area contributed by atoms with E-state index in [9.17, 15) is 24.2 Å². The van der Waals surface area contributed by atoms with Gasteiger partial charge in [0.1, 0.15) is 12.7 Å². The Morgan fingerprint density at radius 2 is 0.981 bits per heavy atom. The molecule has 0 aromatic carbocycles. The summed E-state index contributed by atoms with van der Waals surface area (Å²) < 4.78 is 26.9. The van der Waals surface area contributed by atoms with Crippen LogP contribution in [0.2, 0.25) is 0 Å². The van der Waals surface area contributed by atoms with Crippen molar-refractivity contribution in [3.05, 3.63) is 12.2 Å². The van der Waals surface area contributed by atoms with Crippen molar-refractivity contribution in [2.75, 3.05) is 26.4 Å². The Labute approximate surface area is 319 Å². The van der Waals surface area contributed by atoms with Crippen LogP contribution in [0.15, 0.2) is 12.2 Å². The fourth-order valence-electron chi connectivity index (χ4n) is 6.14. The van der Waals surface area contributed by atoms with Gasteiger partial charge in [0.2, 0.25) is 5.91 Å². The molecular formula is C42H82NO8P. The van der Waals surface area contributed by atoms with E-state index in [0.717, 1.165) is 44.9 Å². The largest absolute Gasteiger partial charge is 0.472 e. The normalized spacial score (nSPS) is 13.4. The fourth-order valence-corrected chi connectivity index (χ4v) is 6.90. The number of hydrogen-bond acceptors (Lipinski definition) is 7. The van der Waals surface area contributed by atoms with Gasteiger partial charge in [0.05, 0.1) is 13.2 Å². The molecule has 0 aromatic heterocycles. The molecule has 0 spiro atoms. The third-order valence-electron chi connectivity index (χ3n) is 9.45. The molecule has 0 saturated heterocycles. The van der Waals surface area contributed by atoms with Crippen LogP contribution in [0.4, 0.5) is 0 Å². The number of carbonyl (C=O) groups excluding carboxylic acids is 2. The van der Waals surface area contributed by atoms with Gasteiger partial charge in [-0.1, -0.05) is 174 Å². The summed E-state index contributed by atoms with van der Waals surface area (Å²) in [5.74, 6) is -0.517. The van der Waals surface area contributed by atoms with E-state index in [0.29, 0.717) is 6.42 Å². The van der Waals surface area contributed by atoms with E-state index in [4.69, 9.17) is 13.8 Å². The van der Waals surface area contributed by atoms with Crippen LogP contribution in [-0.4, -0.2) is 54.3 Å². The van der Waals surface area contributed by atoms with Crippen LogP contribution < -0.4 is 5.32 Å². The predicted octanol–water partition coefficient (Wildman–Crippen LogP) is 11.8. The van der Waals surface area contributed by atoms with Gasteiger partial charge in [0.15, 0.2) is 0 Å². The highest BCUT2D eigenvalue weighted by Crippen LogP contribution is 2.42. The zero-order chi connectivity index (χ0) is 38.2. The lowest BCUT2D eigenvalue weighted by atomic mass is 10.0. The van der Waals surface area contributed by atoms with Crippen molar-refractivity contribution in [3.8, 4) is 0 Å². The number of ether oxygens (including phenoxy) is 1. The van der Waals surface area contributed by atoms with Crippen LogP contribution in [-0.2, 0) is 27.9 Å². The van der Waals surface area contributed by atoms with Crippen LogP contribution in [0, 0.1) is 0 Å². The monoisotopic (exact) mass is 760 g/mol. The second-order valence-corrected chi connectivity index (χ2v) is 16.1. The van der Waals surface area contributed by atoms with E-state index in [2.05, 4.69) is 31.3 Å². The van der Waals surface area contributed by atoms with Gasteiger partial charge in [-0.3, -0.25) is 18.6 Å². The average molecular weight is 760 g/mol. The molecule has 2 unspecified atom stereocenters. The molecule has 0 heterocycles. The molecule has 2 atom stereocenters. The molecule has 0 rings (SSSR count). The minimum atomic E-state index is -4.41. The Morgan fingerprint density at radius 3 is 1.44 bits per heavy atom. The van der Waals surface area contributed by atoms with E-state index >= 15 is 0 Å². The van der Waals surface area contributed by atoms with Crippen LogP contribution in [0.25, 0.3) is 0 Å². The van der Waals surface area contributed by atoms with E-state index in [-0.39, 0.29) is 32.1 Å². The Hall–Kier alpha value is -1.25. The molecule has 0 fully saturated rings. The lowest BCUT2D eigenvalue weighted by molar-refractivity contribution is -0.147. The maximum atomic E-state index is 12.1. The SMILES string of the molecule is CCCCCCCCC/C=C\CCCCCCCC(=O)NCCOP(=O)(O)OCC(O)COC(=O)CCCCCCCCCCCCCCCCC. The van der Waals surface area contributed by atoms with E-state index < -0.39 is 26.5 Å². The van der Waals surface area contributed by atoms with Gasteiger partial charge < -0.3 is 20.1 Å². The summed E-state index contributed by atoms with van der Waals surface area (Å²) in [6, 6.07) is 0. The highest BCUT2D eigenvalue weighted by Gasteiger charge is 2.23. The van der Waals surface area contributed by atoms with Gasteiger partial charge in [0.25, 0.3) is 0 Å². The predicted molar refractivity (Wildman–Crippen MR) is 215 cm³/mol. The Morgan fingerprint density at radius 1 is 0.577 bits per heavy atom. The van der Waals surface area contributed by atoms with Crippen LogP contribution in [0.1, 0.15) is 213 Å². The van der Waals surface area contributed by atoms with Crippen molar-refractivity contribution in [3.63, 3.8) is 0 Å². The minimum Gasteiger partial charge on any atom is -0.463 e. The lowest BCUT2D eigenvalue weighted by Gasteiger charge is -2.15. The number of nitrogens with one attached hydrogen (secondary N) is 1. The zero-order valence-corrected chi connectivity index (χ0v) is 34.7. The maximum Gasteiger partial charge on any atom is 0.472 e. The highest BCUT2D eigenvalue weighted by molar-refractivity contribution is 7.47. The highest BCUT2D eigenvalue weighted by atomic mass is 31.2. The first-order chi connectivity index (χ1) is 25.3. The summed E-state index contributed by atoms with van der Waals surface area (Å²) in [6.45, 7) is 3.57. The molecule has 0 aromatic rings. The first-order valence-electron chi connectivity index (χ1n) is 21.7. The molecule has 10 heteroatoms. The van der Waals surface area contributed by atoms with Gasteiger partial charge in [-0.2, -0.15) is 0 Å². The smallest absolute Gasteiger partial charge is 0.463 e. The molecule has 0 aliphatic rings. The number of phosphoric ester groups is 1. The lowest BCUT2D eigenvalue weighted by Crippen LogP contribution is -2.27. The first kappa shape index (κ1) is 50.8. The first-order valence-corrected chi connectivity index (χ1v) is 23.2. The van der Waals surface area contributed by atoms with Gasteiger partial charge >= 0.3 is 13.8 Å². The molecule has 1 amide bonds. The van der Waals surface area contributed by atoms with Crippen LogP contribution in [0.5, 0.6) is 0 Å². The van der Waals surface area contributed by atoms with Crippen molar-refractivity contribution in [1.82, 2.24) is 5.32 Å². The van der Waals surface area contributed by atoms with E-state index in [1.807, 2.05) is 0 Å². The maximum absolute atomic E-state index is 12.1. The summed E-state index contributed by atoms with van der Waals surface area (Å²) in [5, 5.41) is 12.7. The van der Waals surface area contributed by atoms with Gasteiger partial charge in [-0.05, 0) is 38.5 Å². The third-order valence-corrected chi connectivity index (χ3v) is 10.4. The Balaban J connectivity index is 3.58. The van der Waals surface area contributed by atoms with Crippen molar-refractivity contribution >= 4 is 19.7 Å². The van der Waals surface area contributed by atoms with E-state index in [1.165, 1.54) is 141 Å². The van der Waals surface area contributed by atoms with Gasteiger partial charge in [0, 0.05) is 19.4 Å². The minimum absolute atomic E-state index is 0.0808. The average Bonchev–Trinajstić information content (AvgIpc) is 3.13. The molecule has 9 nitrogen and oxygen atoms in total. The summed E-state index contributed by atoms with van der Waals surface area (Å²) in [7, 11) is -4.41. The van der Waals surface area contributed by atoms with Crippen LogP contribution in [0.3, 0.4) is 0 Å². The van der Waals surface area contributed by atoms with Crippen molar-refractivity contribution < 1.29 is 37.9 Å². The summed E-state index contributed by atoms with van der Waals surface area (Å²) >= 11 is 0. The van der Waals surface area contributed by atoms with Crippen LogP contribution >= 0.6 is 7.82 Å². The molecule has 0 aliphatic heterocycles. The van der Waals surface area contributed by atoms with Crippen molar-refractivity contribution in [1.29, 1.82) is 0 Å². The molecule has 0 bridgehead atoms. The van der Waals surface area contributed by atoms with Gasteiger partial charge in [-0.25, -0.2) is 4.57 Å². The summed E-state index contributed by atoms with van der Waals surface area (Å²) in [5.41, 5.74) is 0. The number of aliphatic hydroxyl groups excluding tert-OH is 1. The number of rotatable bonds is 41. The molecule has 308 valence electrons. The standard InChI is InChI=1S/C42H82NO8P/c1-3-5-7-9-11-13-15-17-19-21-22-24-26-28-30-32-34-41(45)43-36-37-50-52(47,48)51-39-40(44)38-49-42(46)35-33-31-29-27-25-23-20-18-16-14-12-10-8-6-4-2/h19,21,40,44H,3-18,20,22-39H2,1-2H3,(H,43,45)(H,47,48)/b21-19-. The molecular weight excluding hydrogens is 677 g/mol. The second-order valence-electron chi connectivity index (χ2n) is 14.7. The molecule has 0 aliphatic carbocycles. The van der Waals surface area contributed by atoms with E-state index in [1.54, 1.807) is 0 Å². The zero-order valence-electron chi connectivity index (χ0n) is 33.8. The number of allylic oxidation sites excluding steroid dienone is 2. The molecule has 0 radical (unpaired) electrons. The second kappa shape index (κ2) is 39.4. The van der Waals surface area contributed by atoms with Gasteiger partial charge in [-0.15, -0.1) is 0 Å². The number of carbonyl (C=O) groups is 2. The molecule has 3 N–H and O–H groups in total.